The molecule has 88 valence electrons. The second kappa shape index (κ2) is 3.96. The highest BCUT2D eigenvalue weighted by atomic mass is 19.2. The van der Waals surface area contributed by atoms with E-state index in [1.165, 1.54) is 12.1 Å². The van der Waals surface area contributed by atoms with E-state index in [9.17, 15) is 8.78 Å². The van der Waals surface area contributed by atoms with Crippen LogP contribution >= 0.6 is 0 Å². The monoisotopic (exact) mass is 234 g/mol. The zero-order valence-corrected chi connectivity index (χ0v) is 9.16. The predicted molar refractivity (Wildman–Crippen MR) is 60.6 cm³/mol. The van der Waals surface area contributed by atoms with Crippen molar-refractivity contribution in [2.75, 3.05) is 6.54 Å². The third-order valence-electron chi connectivity index (χ3n) is 3.14. The zero-order chi connectivity index (χ0) is 11.8. The maximum absolute atomic E-state index is 13.2. The molecule has 0 saturated heterocycles. The molecule has 0 spiro atoms. The number of halogens is 2. The first-order valence-electron chi connectivity index (χ1n) is 5.59. The lowest BCUT2D eigenvalue weighted by atomic mass is 10.0. The minimum atomic E-state index is -0.806. The number of benzene rings is 1. The Balaban J connectivity index is 2.03. The third kappa shape index (κ3) is 1.74. The van der Waals surface area contributed by atoms with Gasteiger partial charge in [0.1, 0.15) is 0 Å². The van der Waals surface area contributed by atoms with Gasteiger partial charge in [0.2, 0.25) is 0 Å². The SMILES string of the molecule is Fc1ccc([C@H]2NCCn3cccc32)cc1F. The highest BCUT2D eigenvalue weighted by Gasteiger charge is 2.21. The Labute approximate surface area is 97.9 Å². The summed E-state index contributed by atoms with van der Waals surface area (Å²) >= 11 is 0. The van der Waals surface area contributed by atoms with Crippen LogP contribution < -0.4 is 5.32 Å². The Kier molecular flexibility index (Phi) is 2.44. The van der Waals surface area contributed by atoms with Gasteiger partial charge in [0.15, 0.2) is 11.6 Å². The molecule has 0 unspecified atom stereocenters. The zero-order valence-electron chi connectivity index (χ0n) is 9.16. The van der Waals surface area contributed by atoms with Gasteiger partial charge in [-0.25, -0.2) is 8.78 Å². The van der Waals surface area contributed by atoms with Crippen molar-refractivity contribution in [2.24, 2.45) is 0 Å². The van der Waals surface area contributed by atoms with Gasteiger partial charge >= 0.3 is 0 Å². The van der Waals surface area contributed by atoms with Gasteiger partial charge in [0.05, 0.1) is 6.04 Å². The maximum atomic E-state index is 13.2. The number of hydrogen-bond acceptors (Lipinski definition) is 1. The number of hydrogen-bond donors (Lipinski definition) is 1. The van der Waals surface area contributed by atoms with Crippen molar-refractivity contribution < 1.29 is 8.78 Å². The van der Waals surface area contributed by atoms with E-state index in [1.807, 2.05) is 18.3 Å². The largest absolute Gasteiger partial charge is 0.348 e. The van der Waals surface area contributed by atoms with Crippen LogP contribution in [0.15, 0.2) is 36.5 Å². The molecule has 0 fully saturated rings. The summed E-state index contributed by atoms with van der Waals surface area (Å²) in [5.74, 6) is -1.60. The quantitative estimate of drug-likeness (QED) is 0.802. The van der Waals surface area contributed by atoms with Gasteiger partial charge in [0, 0.05) is 25.0 Å². The van der Waals surface area contributed by atoms with Gasteiger partial charge in [-0.15, -0.1) is 0 Å². The molecule has 1 aliphatic heterocycles. The normalized spacial score (nSPS) is 19.1. The molecule has 1 atom stereocenters. The Morgan fingerprint density at radius 2 is 2.06 bits per heavy atom. The summed E-state index contributed by atoms with van der Waals surface area (Å²) in [4.78, 5) is 0. The predicted octanol–water partition coefficient (Wildman–Crippen LogP) is 2.46. The van der Waals surface area contributed by atoms with Crippen molar-refractivity contribution >= 4 is 0 Å². The summed E-state index contributed by atoms with van der Waals surface area (Å²) in [5, 5.41) is 3.31. The van der Waals surface area contributed by atoms with Crippen molar-refractivity contribution in [1.29, 1.82) is 0 Å². The fourth-order valence-electron chi connectivity index (χ4n) is 2.31. The van der Waals surface area contributed by atoms with Gasteiger partial charge in [-0.05, 0) is 29.8 Å². The smallest absolute Gasteiger partial charge is 0.159 e. The summed E-state index contributed by atoms with van der Waals surface area (Å²) in [6, 6.07) is 7.96. The Hall–Kier alpha value is -1.68. The molecule has 1 aromatic carbocycles. The Bertz CT molecular complexity index is 548. The molecule has 0 bridgehead atoms. The summed E-state index contributed by atoms with van der Waals surface area (Å²) in [6.45, 7) is 1.73. The van der Waals surface area contributed by atoms with Crippen LogP contribution in [0.2, 0.25) is 0 Å². The molecular weight excluding hydrogens is 222 g/mol. The van der Waals surface area contributed by atoms with Crippen LogP contribution in [-0.4, -0.2) is 11.1 Å². The van der Waals surface area contributed by atoms with E-state index in [-0.39, 0.29) is 6.04 Å². The number of nitrogens with one attached hydrogen (secondary N) is 1. The van der Waals surface area contributed by atoms with Crippen LogP contribution in [0, 0.1) is 11.6 Å². The number of aromatic nitrogens is 1. The average molecular weight is 234 g/mol. The second-order valence-electron chi connectivity index (χ2n) is 4.19. The number of nitrogens with zero attached hydrogens (tertiary/aromatic N) is 1. The van der Waals surface area contributed by atoms with Crippen LogP contribution in [-0.2, 0) is 6.54 Å². The second-order valence-corrected chi connectivity index (χ2v) is 4.19. The average Bonchev–Trinajstić information content (AvgIpc) is 2.80. The summed E-state index contributed by atoms with van der Waals surface area (Å²) < 4.78 is 28.3. The molecule has 1 aromatic heterocycles. The van der Waals surface area contributed by atoms with Crippen LogP contribution in [0.4, 0.5) is 8.78 Å². The van der Waals surface area contributed by atoms with Crippen LogP contribution in [0.1, 0.15) is 17.3 Å². The molecular formula is C13H12F2N2. The molecule has 4 heteroatoms. The van der Waals surface area contributed by atoms with Crippen LogP contribution in [0.25, 0.3) is 0 Å². The molecule has 1 N–H and O–H groups in total. The van der Waals surface area contributed by atoms with Crippen LogP contribution in [0.3, 0.4) is 0 Å². The number of rotatable bonds is 1. The van der Waals surface area contributed by atoms with Crippen molar-refractivity contribution in [1.82, 2.24) is 9.88 Å². The molecule has 2 nitrogen and oxygen atoms in total. The summed E-state index contributed by atoms with van der Waals surface area (Å²) in [6.07, 6.45) is 2.00. The maximum Gasteiger partial charge on any atom is 0.159 e. The Morgan fingerprint density at radius 1 is 1.18 bits per heavy atom. The lowest BCUT2D eigenvalue weighted by molar-refractivity contribution is 0.460. The first-order chi connectivity index (χ1) is 8.25. The molecule has 0 radical (unpaired) electrons. The van der Waals surface area contributed by atoms with E-state index < -0.39 is 11.6 Å². The minimum Gasteiger partial charge on any atom is -0.348 e. The standard InChI is InChI=1S/C13H12F2N2/c14-10-4-3-9(8-11(10)15)13-12-2-1-6-17(12)7-5-16-13/h1-4,6,8,13,16H,5,7H2/t13-/m1/s1. The molecule has 2 heterocycles. The number of fused-ring (bicyclic) bond motifs is 1. The lowest BCUT2D eigenvalue weighted by Crippen LogP contribution is -2.33. The van der Waals surface area contributed by atoms with Gasteiger partial charge in [-0.3, -0.25) is 0 Å². The van der Waals surface area contributed by atoms with Crippen molar-refractivity contribution in [3.05, 3.63) is 59.4 Å². The summed E-state index contributed by atoms with van der Waals surface area (Å²) in [7, 11) is 0. The lowest BCUT2D eigenvalue weighted by Gasteiger charge is -2.26. The van der Waals surface area contributed by atoms with E-state index in [2.05, 4.69) is 9.88 Å². The van der Waals surface area contributed by atoms with E-state index >= 15 is 0 Å². The van der Waals surface area contributed by atoms with E-state index in [0.29, 0.717) is 0 Å². The van der Waals surface area contributed by atoms with Gasteiger partial charge in [-0.1, -0.05) is 6.07 Å². The topological polar surface area (TPSA) is 17.0 Å². The van der Waals surface area contributed by atoms with E-state index in [4.69, 9.17) is 0 Å². The highest BCUT2D eigenvalue weighted by Crippen LogP contribution is 2.26. The highest BCUT2D eigenvalue weighted by molar-refractivity contribution is 5.30. The van der Waals surface area contributed by atoms with E-state index in [1.54, 1.807) is 6.07 Å². The minimum absolute atomic E-state index is 0.0613. The van der Waals surface area contributed by atoms with E-state index in [0.717, 1.165) is 24.3 Å². The van der Waals surface area contributed by atoms with Crippen molar-refractivity contribution in [2.45, 2.75) is 12.6 Å². The first-order valence-corrected chi connectivity index (χ1v) is 5.59. The van der Waals surface area contributed by atoms with Gasteiger partial charge in [0.25, 0.3) is 0 Å². The molecule has 0 aliphatic carbocycles. The molecule has 0 saturated carbocycles. The summed E-state index contributed by atoms with van der Waals surface area (Å²) in [5.41, 5.74) is 1.84. The van der Waals surface area contributed by atoms with Crippen molar-refractivity contribution in [3.8, 4) is 0 Å². The van der Waals surface area contributed by atoms with Crippen LogP contribution in [0.5, 0.6) is 0 Å². The molecule has 17 heavy (non-hydrogen) atoms. The van der Waals surface area contributed by atoms with Gasteiger partial charge in [-0.2, -0.15) is 0 Å². The first kappa shape index (κ1) is 10.5. The molecule has 2 aromatic rings. The van der Waals surface area contributed by atoms with Gasteiger partial charge < -0.3 is 9.88 Å². The fraction of sp³-hybridized carbons (Fsp3) is 0.231. The van der Waals surface area contributed by atoms with Crippen molar-refractivity contribution in [3.63, 3.8) is 0 Å². The molecule has 3 rings (SSSR count). The third-order valence-corrected chi connectivity index (χ3v) is 3.14. The fourth-order valence-corrected chi connectivity index (χ4v) is 2.31. The Morgan fingerprint density at radius 3 is 2.88 bits per heavy atom. The molecule has 1 aliphatic rings. The molecule has 0 amide bonds.